The Balaban J connectivity index is 1.45. The molecule has 0 saturated carbocycles. The predicted molar refractivity (Wildman–Crippen MR) is 115 cm³/mol. The Morgan fingerprint density at radius 3 is 2.63 bits per heavy atom. The Hall–Kier alpha value is -1.85. The number of carbonyl (C=O) groups is 1. The molecule has 27 heavy (non-hydrogen) atoms. The second kappa shape index (κ2) is 9.90. The van der Waals surface area contributed by atoms with Gasteiger partial charge in [0.15, 0.2) is 0 Å². The molecule has 2 heterocycles. The van der Waals surface area contributed by atoms with E-state index in [4.69, 9.17) is 0 Å². The summed E-state index contributed by atoms with van der Waals surface area (Å²) >= 11 is 1.57. The van der Waals surface area contributed by atoms with Gasteiger partial charge in [0.1, 0.15) is 0 Å². The van der Waals surface area contributed by atoms with Crippen molar-refractivity contribution in [3.8, 4) is 0 Å². The van der Waals surface area contributed by atoms with Gasteiger partial charge in [-0.05, 0) is 50.4 Å². The van der Waals surface area contributed by atoms with Crippen molar-refractivity contribution < 1.29 is 4.79 Å². The SMILES string of the molecule is CCCNc1ccc(C(=O)N2CCC(N(C)CCc3ccccc3)CC2)s1. The van der Waals surface area contributed by atoms with Gasteiger partial charge in [-0.1, -0.05) is 37.3 Å². The molecule has 1 N–H and O–H groups in total. The van der Waals surface area contributed by atoms with Crippen LogP contribution >= 0.6 is 11.3 Å². The lowest BCUT2D eigenvalue weighted by atomic mass is 10.0. The van der Waals surface area contributed by atoms with E-state index in [0.717, 1.165) is 61.7 Å². The topological polar surface area (TPSA) is 35.6 Å². The van der Waals surface area contributed by atoms with Gasteiger partial charge >= 0.3 is 0 Å². The lowest BCUT2D eigenvalue weighted by Crippen LogP contribution is -2.45. The first-order valence-corrected chi connectivity index (χ1v) is 10.9. The van der Waals surface area contributed by atoms with Crippen molar-refractivity contribution in [3.63, 3.8) is 0 Å². The Morgan fingerprint density at radius 2 is 1.93 bits per heavy atom. The van der Waals surface area contributed by atoms with Crippen molar-refractivity contribution in [1.29, 1.82) is 0 Å². The van der Waals surface area contributed by atoms with Crippen LogP contribution in [0, 0.1) is 0 Å². The van der Waals surface area contributed by atoms with Crippen LogP contribution < -0.4 is 5.32 Å². The van der Waals surface area contributed by atoms with E-state index in [1.165, 1.54) is 5.56 Å². The van der Waals surface area contributed by atoms with Crippen LogP contribution in [0.4, 0.5) is 5.00 Å². The van der Waals surface area contributed by atoms with Gasteiger partial charge in [0, 0.05) is 32.2 Å². The minimum absolute atomic E-state index is 0.190. The average molecular weight is 386 g/mol. The summed E-state index contributed by atoms with van der Waals surface area (Å²) in [7, 11) is 2.22. The summed E-state index contributed by atoms with van der Waals surface area (Å²) in [5.41, 5.74) is 1.39. The number of likely N-dealkylation sites (N-methyl/N-ethyl adjacent to an activating group) is 1. The van der Waals surface area contributed by atoms with Gasteiger partial charge in [0.25, 0.3) is 5.91 Å². The highest BCUT2D eigenvalue weighted by Gasteiger charge is 2.26. The number of thiophene rings is 1. The van der Waals surface area contributed by atoms with E-state index in [1.807, 2.05) is 17.0 Å². The minimum Gasteiger partial charge on any atom is -0.377 e. The van der Waals surface area contributed by atoms with Crippen LogP contribution in [0.15, 0.2) is 42.5 Å². The molecule has 0 unspecified atom stereocenters. The zero-order chi connectivity index (χ0) is 19.1. The lowest BCUT2D eigenvalue weighted by Gasteiger charge is -2.36. The van der Waals surface area contributed by atoms with Crippen LogP contribution in [0.25, 0.3) is 0 Å². The normalized spacial score (nSPS) is 15.3. The van der Waals surface area contributed by atoms with Crippen molar-refractivity contribution in [1.82, 2.24) is 9.80 Å². The highest BCUT2D eigenvalue weighted by Crippen LogP contribution is 2.25. The zero-order valence-electron chi connectivity index (χ0n) is 16.5. The van der Waals surface area contributed by atoms with Crippen LogP contribution in [-0.4, -0.2) is 55.0 Å². The summed E-state index contributed by atoms with van der Waals surface area (Å²) in [6, 6.07) is 15.2. The van der Waals surface area contributed by atoms with Crippen molar-refractivity contribution in [2.75, 3.05) is 38.5 Å². The standard InChI is InChI=1S/C22H31N3OS/c1-3-14-23-21-10-9-20(27-21)22(26)25-16-12-19(13-17-25)24(2)15-11-18-7-5-4-6-8-18/h4-10,19,23H,3,11-17H2,1-2H3. The highest BCUT2D eigenvalue weighted by molar-refractivity contribution is 7.17. The second-order valence-electron chi connectivity index (χ2n) is 7.33. The van der Waals surface area contributed by atoms with Crippen LogP contribution in [0.2, 0.25) is 0 Å². The average Bonchev–Trinajstić information content (AvgIpc) is 3.20. The maximum atomic E-state index is 12.8. The molecule has 3 rings (SSSR count). The van der Waals surface area contributed by atoms with E-state index < -0.39 is 0 Å². The molecule has 0 atom stereocenters. The smallest absolute Gasteiger partial charge is 0.263 e. The Kier molecular flexibility index (Phi) is 7.30. The van der Waals surface area contributed by atoms with Gasteiger partial charge in [-0.3, -0.25) is 4.79 Å². The molecule has 1 saturated heterocycles. The summed E-state index contributed by atoms with van der Waals surface area (Å²) in [5, 5.41) is 4.46. The molecule has 0 radical (unpaired) electrons. The molecule has 1 aromatic heterocycles. The number of carbonyl (C=O) groups excluding carboxylic acids is 1. The van der Waals surface area contributed by atoms with Gasteiger partial charge < -0.3 is 15.1 Å². The predicted octanol–water partition coefficient (Wildman–Crippen LogP) is 4.35. The number of rotatable bonds is 8. The number of piperidine rings is 1. The monoisotopic (exact) mass is 385 g/mol. The first-order valence-electron chi connectivity index (χ1n) is 10.0. The fourth-order valence-electron chi connectivity index (χ4n) is 3.59. The van der Waals surface area contributed by atoms with E-state index >= 15 is 0 Å². The molecule has 0 bridgehead atoms. The number of nitrogens with one attached hydrogen (secondary N) is 1. The van der Waals surface area contributed by atoms with Crippen LogP contribution in [0.3, 0.4) is 0 Å². The van der Waals surface area contributed by atoms with Crippen LogP contribution in [-0.2, 0) is 6.42 Å². The fourth-order valence-corrected chi connectivity index (χ4v) is 4.49. The zero-order valence-corrected chi connectivity index (χ0v) is 17.3. The third-order valence-electron chi connectivity index (χ3n) is 5.34. The van der Waals surface area contributed by atoms with Gasteiger partial charge in [0.2, 0.25) is 0 Å². The summed E-state index contributed by atoms with van der Waals surface area (Å²) in [6.45, 7) is 5.88. The van der Waals surface area contributed by atoms with E-state index in [0.29, 0.717) is 6.04 Å². The molecule has 0 aliphatic carbocycles. The van der Waals surface area contributed by atoms with Gasteiger partial charge in [-0.25, -0.2) is 0 Å². The maximum Gasteiger partial charge on any atom is 0.263 e. The molecule has 1 amide bonds. The molecule has 0 spiro atoms. The molecule has 1 fully saturated rings. The number of amides is 1. The van der Waals surface area contributed by atoms with E-state index in [1.54, 1.807) is 11.3 Å². The quantitative estimate of drug-likeness (QED) is 0.734. The largest absolute Gasteiger partial charge is 0.377 e. The molecular weight excluding hydrogens is 354 g/mol. The molecular formula is C22H31N3OS. The number of hydrogen-bond acceptors (Lipinski definition) is 4. The summed E-state index contributed by atoms with van der Waals surface area (Å²) in [6.07, 6.45) is 4.29. The molecule has 1 aliphatic rings. The third kappa shape index (κ3) is 5.56. The van der Waals surface area contributed by atoms with Gasteiger partial charge in [-0.15, -0.1) is 11.3 Å². The third-order valence-corrected chi connectivity index (χ3v) is 6.37. The van der Waals surface area contributed by atoms with Crippen molar-refractivity contribution in [3.05, 3.63) is 52.9 Å². The maximum absolute atomic E-state index is 12.8. The molecule has 4 nitrogen and oxygen atoms in total. The van der Waals surface area contributed by atoms with Gasteiger partial charge in [0.05, 0.1) is 9.88 Å². The first kappa shape index (κ1) is 19.9. The van der Waals surface area contributed by atoms with Crippen molar-refractivity contribution >= 4 is 22.2 Å². The number of nitrogens with zero attached hydrogens (tertiary/aromatic N) is 2. The first-order chi connectivity index (χ1) is 13.2. The lowest BCUT2D eigenvalue weighted by molar-refractivity contribution is 0.0651. The molecule has 1 aromatic carbocycles. The van der Waals surface area contributed by atoms with Crippen molar-refractivity contribution in [2.45, 2.75) is 38.6 Å². The number of benzene rings is 1. The Labute approximate surface area is 167 Å². The van der Waals surface area contributed by atoms with Crippen LogP contribution in [0.5, 0.6) is 0 Å². The minimum atomic E-state index is 0.190. The Bertz CT molecular complexity index is 707. The van der Waals surface area contributed by atoms with Crippen molar-refractivity contribution in [2.24, 2.45) is 0 Å². The molecule has 5 heteroatoms. The molecule has 146 valence electrons. The number of anilines is 1. The number of likely N-dealkylation sites (tertiary alicyclic amines) is 1. The van der Waals surface area contributed by atoms with Gasteiger partial charge in [-0.2, -0.15) is 0 Å². The second-order valence-corrected chi connectivity index (χ2v) is 8.41. The van der Waals surface area contributed by atoms with E-state index in [2.05, 4.69) is 54.5 Å². The summed E-state index contributed by atoms with van der Waals surface area (Å²) < 4.78 is 0. The Morgan fingerprint density at radius 1 is 1.19 bits per heavy atom. The molecule has 1 aliphatic heterocycles. The van der Waals surface area contributed by atoms with E-state index in [-0.39, 0.29) is 5.91 Å². The highest BCUT2D eigenvalue weighted by atomic mass is 32.1. The van der Waals surface area contributed by atoms with Crippen LogP contribution in [0.1, 0.15) is 41.4 Å². The van der Waals surface area contributed by atoms with E-state index in [9.17, 15) is 4.79 Å². The summed E-state index contributed by atoms with van der Waals surface area (Å²) in [4.78, 5) is 18.1. The fraction of sp³-hybridized carbons (Fsp3) is 0.500. The summed E-state index contributed by atoms with van der Waals surface area (Å²) in [5.74, 6) is 0.190. The number of hydrogen-bond donors (Lipinski definition) is 1. The molecule has 2 aromatic rings.